The number of rotatable bonds is 5. The number of hydrogen-bond acceptors (Lipinski definition) is 3. The van der Waals surface area contributed by atoms with Crippen molar-refractivity contribution in [2.45, 2.75) is 33.1 Å². The van der Waals surface area contributed by atoms with E-state index in [1.807, 2.05) is 35.1 Å². The van der Waals surface area contributed by atoms with Gasteiger partial charge in [0.25, 0.3) is 0 Å². The molecule has 1 aromatic heterocycles. The van der Waals surface area contributed by atoms with Crippen molar-refractivity contribution in [2.75, 3.05) is 0 Å². The van der Waals surface area contributed by atoms with Crippen LogP contribution >= 0.6 is 15.9 Å². The van der Waals surface area contributed by atoms with Crippen LogP contribution in [0.2, 0.25) is 0 Å². The monoisotopic (exact) mass is 324 g/mol. The fraction of sp³-hybridized carbons (Fsp3) is 0.357. The lowest BCUT2D eigenvalue weighted by atomic mass is 10.2. The minimum atomic E-state index is 0.0255. The molecule has 5 heteroatoms. The van der Waals surface area contributed by atoms with Gasteiger partial charge in [-0.1, -0.05) is 6.07 Å². The van der Waals surface area contributed by atoms with Crippen LogP contribution in [0.4, 0.5) is 0 Å². The normalized spacial score (nSPS) is 11.0. The maximum absolute atomic E-state index is 9.04. The number of benzene rings is 1. The van der Waals surface area contributed by atoms with E-state index in [0.717, 1.165) is 21.5 Å². The molecular formula is C14H17BrN2O2. The van der Waals surface area contributed by atoms with Crippen LogP contribution in [0.3, 0.4) is 0 Å². The SMILES string of the molecule is CC(C)n1ccc(COc2ccc(CO)cc2Br)n1. The molecule has 2 rings (SSSR count). The highest BCUT2D eigenvalue weighted by Crippen LogP contribution is 2.26. The number of aliphatic hydroxyl groups is 1. The smallest absolute Gasteiger partial charge is 0.134 e. The number of ether oxygens (including phenoxy) is 1. The van der Waals surface area contributed by atoms with Crippen molar-refractivity contribution in [3.05, 3.63) is 46.2 Å². The average molecular weight is 325 g/mol. The Morgan fingerprint density at radius 1 is 1.37 bits per heavy atom. The second-order valence-corrected chi connectivity index (χ2v) is 5.45. The average Bonchev–Trinajstić information content (AvgIpc) is 2.86. The van der Waals surface area contributed by atoms with Gasteiger partial charge >= 0.3 is 0 Å². The highest BCUT2D eigenvalue weighted by molar-refractivity contribution is 9.10. The first-order chi connectivity index (χ1) is 9.10. The zero-order chi connectivity index (χ0) is 13.8. The first kappa shape index (κ1) is 14.1. The summed E-state index contributed by atoms with van der Waals surface area (Å²) < 4.78 is 8.45. The summed E-state index contributed by atoms with van der Waals surface area (Å²) in [4.78, 5) is 0. The first-order valence-electron chi connectivity index (χ1n) is 6.16. The van der Waals surface area contributed by atoms with Gasteiger partial charge in [0, 0.05) is 12.2 Å². The Labute approximate surface area is 121 Å². The molecule has 0 saturated carbocycles. The van der Waals surface area contributed by atoms with Crippen molar-refractivity contribution in [3.8, 4) is 5.75 Å². The number of hydrogen-bond donors (Lipinski definition) is 1. The van der Waals surface area contributed by atoms with Crippen LogP contribution in [0, 0.1) is 0 Å². The maximum atomic E-state index is 9.04. The molecule has 2 aromatic rings. The summed E-state index contributed by atoms with van der Waals surface area (Å²) in [6, 6.07) is 7.84. The number of aliphatic hydroxyl groups excluding tert-OH is 1. The Hall–Kier alpha value is -1.33. The van der Waals surface area contributed by atoms with E-state index >= 15 is 0 Å². The molecule has 0 fully saturated rings. The Bertz CT molecular complexity index is 552. The number of nitrogens with zero attached hydrogens (tertiary/aromatic N) is 2. The van der Waals surface area contributed by atoms with Crippen molar-refractivity contribution in [2.24, 2.45) is 0 Å². The van der Waals surface area contributed by atoms with Crippen LogP contribution in [0.25, 0.3) is 0 Å². The highest BCUT2D eigenvalue weighted by atomic mass is 79.9. The molecule has 1 aromatic carbocycles. The van der Waals surface area contributed by atoms with E-state index in [2.05, 4.69) is 34.9 Å². The number of aromatic nitrogens is 2. The van der Waals surface area contributed by atoms with Gasteiger partial charge in [-0.15, -0.1) is 0 Å². The molecule has 102 valence electrons. The minimum Gasteiger partial charge on any atom is -0.486 e. The van der Waals surface area contributed by atoms with Gasteiger partial charge in [-0.25, -0.2) is 0 Å². The Morgan fingerprint density at radius 3 is 2.74 bits per heavy atom. The molecule has 0 amide bonds. The van der Waals surface area contributed by atoms with Crippen LogP contribution in [-0.4, -0.2) is 14.9 Å². The summed E-state index contributed by atoms with van der Waals surface area (Å²) in [5, 5.41) is 13.5. The van der Waals surface area contributed by atoms with Crippen LogP contribution in [0.15, 0.2) is 34.9 Å². The molecule has 0 spiro atoms. The van der Waals surface area contributed by atoms with Crippen LogP contribution in [0.5, 0.6) is 5.75 Å². The standard InChI is InChI=1S/C14H17BrN2O2/c1-10(2)17-6-5-12(16-17)9-19-14-4-3-11(8-18)7-13(14)15/h3-7,10,18H,8-9H2,1-2H3. The molecule has 0 aliphatic rings. The zero-order valence-corrected chi connectivity index (χ0v) is 12.6. The van der Waals surface area contributed by atoms with Crippen molar-refractivity contribution in [1.82, 2.24) is 9.78 Å². The molecule has 0 bridgehead atoms. The lowest BCUT2D eigenvalue weighted by molar-refractivity contribution is 0.280. The molecule has 4 nitrogen and oxygen atoms in total. The second-order valence-electron chi connectivity index (χ2n) is 4.59. The number of halogens is 1. The molecule has 0 aliphatic heterocycles. The van der Waals surface area contributed by atoms with E-state index in [-0.39, 0.29) is 6.61 Å². The predicted molar refractivity (Wildman–Crippen MR) is 77.0 cm³/mol. The third-order valence-corrected chi connectivity index (χ3v) is 3.37. The van der Waals surface area contributed by atoms with Gasteiger partial charge in [0.2, 0.25) is 0 Å². The Morgan fingerprint density at radius 2 is 2.16 bits per heavy atom. The van der Waals surface area contributed by atoms with E-state index < -0.39 is 0 Å². The molecule has 1 N–H and O–H groups in total. The third-order valence-electron chi connectivity index (χ3n) is 2.75. The van der Waals surface area contributed by atoms with Gasteiger partial charge in [-0.05, 0) is 53.5 Å². The van der Waals surface area contributed by atoms with Gasteiger partial charge in [-0.2, -0.15) is 5.10 Å². The minimum absolute atomic E-state index is 0.0255. The summed E-state index contributed by atoms with van der Waals surface area (Å²) in [7, 11) is 0. The van der Waals surface area contributed by atoms with Crippen molar-refractivity contribution in [1.29, 1.82) is 0 Å². The summed E-state index contributed by atoms with van der Waals surface area (Å²) in [6.07, 6.45) is 1.95. The fourth-order valence-electron chi connectivity index (χ4n) is 1.65. The summed E-state index contributed by atoms with van der Waals surface area (Å²) in [5.74, 6) is 0.747. The molecule has 0 aliphatic carbocycles. The van der Waals surface area contributed by atoms with E-state index in [9.17, 15) is 0 Å². The summed E-state index contributed by atoms with van der Waals surface area (Å²) in [5.41, 5.74) is 1.75. The lowest BCUT2D eigenvalue weighted by Gasteiger charge is -2.08. The van der Waals surface area contributed by atoms with Crippen LogP contribution < -0.4 is 4.74 Å². The van der Waals surface area contributed by atoms with E-state index in [0.29, 0.717) is 12.6 Å². The zero-order valence-electron chi connectivity index (χ0n) is 11.0. The van der Waals surface area contributed by atoms with E-state index in [1.165, 1.54) is 0 Å². The fourth-order valence-corrected chi connectivity index (χ4v) is 2.19. The van der Waals surface area contributed by atoms with E-state index in [4.69, 9.17) is 9.84 Å². The van der Waals surface area contributed by atoms with Crippen molar-refractivity contribution in [3.63, 3.8) is 0 Å². The lowest BCUT2D eigenvalue weighted by Crippen LogP contribution is -2.03. The predicted octanol–water partition coefficient (Wildman–Crippen LogP) is 3.30. The molecule has 1 heterocycles. The van der Waals surface area contributed by atoms with Gasteiger partial charge in [0.05, 0.1) is 16.8 Å². The molecule has 0 saturated heterocycles. The third kappa shape index (κ3) is 3.58. The van der Waals surface area contributed by atoms with Crippen molar-refractivity contribution >= 4 is 15.9 Å². The molecule has 0 radical (unpaired) electrons. The Balaban J connectivity index is 2.01. The molecule has 0 unspecified atom stereocenters. The maximum Gasteiger partial charge on any atom is 0.134 e. The van der Waals surface area contributed by atoms with Crippen molar-refractivity contribution < 1.29 is 9.84 Å². The van der Waals surface area contributed by atoms with Crippen LogP contribution in [-0.2, 0) is 13.2 Å². The topological polar surface area (TPSA) is 47.3 Å². The van der Waals surface area contributed by atoms with Gasteiger partial charge in [-0.3, -0.25) is 4.68 Å². The Kier molecular flexibility index (Phi) is 4.61. The first-order valence-corrected chi connectivity index (χ1v) is 6.95. The largest absolute Gasteiger partial charge is 0.486 e. The quantitative estimate of drug-likeness (QED) is 0.917. The van der Waals surface area contributed by atoms with Crippen LogP contribution in [0.1, 0.15) is 31.1 Å². The van der Waals surface area contributed by atoms with Gasteiger partial charge in [0.15, 0.2) is 0 Å². The summed E-state index contributed by atoms with van der Waals surface area (Å²) in [6.45, 7) is 4.62. The highest BCUT2D eigenvalue weighted by Gasteiger charge is 2.06. The summed E-state index contributed by atoms with van der Waals surface area (Å²) >= 11 is 3.43. The molecule has 0 atom stereocenters. The van der Waals surface area contributed by atoms with E-state index in [1.54, 1.807) is 0 Å². The molecular weight excluding hydrogens is 308 g/mol. The second kappa shape index (κ2) is 6.21. The van der Waals surface area contributed by atoms with Gasteiger partial charge in [0.1, 0.15) is 12.4 Å². The molecule has 19 heavy (non-hydrogen) atoms. The van der Waals surface area contributed by atoms with Gasteiger partial charge < -0.3 is 9.84 Å².